The lowest BCUT2D eigenvalue weighted by atomic mass is 10.6. The van der Waals surface area contributed by atoms with Gasteiger partial charge in [0.2, 0.25) is 5.91 Å². The average Bonchev–Trinajstić information content (AvgIpc) is 2.15. The van der Waals surface area contributed by atoms with Gasteiger partial charge in [0.1, 0.15) is 0 Å². The number of hydrogen-bond donors (Lipinski definition) is 1. The molecular formula is C4H7N3OS. The van der Waals surface area contributed by atoms with Crippen molar-refractivity contribution in [3.05, 3.63) is 0 Å². The van der Waals surface area contributed by atoms with Crippen molar-refractivity contribution in [2.45, 2.75) is 0 Å². The molecule has 1 heterocycles. The fourth-order valence-electron chi connectivity index (χ4n) is 0.550. The highest BCUT2D eigenvalue weighted by molar-refractivity contribution is 8.15. The topological polar surface area (TPSA) is 58.7 Å². The molecule has 50 valence electrons. The monoisotopic (exact) mass is 145 g/mol. The zero-order valence-electron chi connectivity index (χ0n) is 5.00. The Morgan fingerprint density at radius 2 is 2.56 bits per heavy atom. The van der Waals surface area contributed by atoms with Crippen molar-refractivity contribution in [3.63, 3.8) is 0 Å². The summed E-state index contributed by atoms with van der Waals surface area (Å²) in [5, 5.41) is 4.00. The predicted octanol–water partition coefficient (Wildman–Crippen LogP) is -0.579. The highest BCUT2D eigenvalue weighted by atomic mass is 32.2. The van der Waals surface area contributed by atoms with Crippen molar-refractivity contribution in [3.8, 4) is 0 Å². The Labute approximate surface area is 57.1 Å². The van der Waals surface area contributed by atoms with E-state index in [2.05, 4.69) is 5.10 Å². The molecule has 5 heteroatoms. The zero-order chi connectivity index (χ0) is 6.85. The van der Waals surface area contributed by atoms with Crippen LogP contribution in [0, 0.1) is 0 Å². The van der Waals surface area contributed by atoms with Crippen molar-refractivity contribution in [1.29, 1.82) is 0 Å². The van der Waals surface area contributed by atoms with E-state index in [1.54, 1.807) is 7.05 Å². The van der Waals surface area contributed by atoms with E-state index in [-0.39, 0.29) is 5.91 Å². The van der Waals surface area contributed by atoms with Gasteiger partial charge in [-0.25, -0.2) is 0 Å². The van der Waals surface area contributed by atoms with Crippen LogP contribution in [0.4, 0.5) is 0 Å². The molecule has 1 rings (SSSR count). The quantitative estimate of drug-likeness (QED) is 0.366. The second kappa shape index (κ2) is 2.26. The molecule has 1 fully saturated rings. The Balaban J connectivity index is 2.73. The van der Waals surface area contributed by atoms with Crippen LogP contribution in [0.3, 0.4) is 0 Å². The number of thioether (sulfide) groups is 1. The molecule has 9 heavy (non-hydrogen) atoms. The first-order chi connectivity index (χ1) is 4.25. The lowest BCUT2D eigenvalue weighted by Gasteiger charge is -2.04. The largest absolute Gasteiger partial charge is 0.321 e. The summed E-state index contributed by atoms with van der Waals surface area (Å²) in [7, 11) is 1.66. The highest BCUT2D eigenvalue weighted by Crippen LogP contribution is 2.15. The van der Waals surface area contributed by atoms with Crippen molar-refractivity contribution in [1.82, 2.24) is 4.90 Å². The molecule has 1 amide bonds. The van der Waals surface area contributed by atoms with Crippen LogP contribution < -0.4 is 5.84 Å². The number of amidine groups is 1. The third-order valence-electron chi connectivity index (χ3n) is 1.10. The molecule has 0 radical (unpaired) electrons. The van der Waals surface area contributed by atoms with Crippen molar-refractivity contribution in [2.75, 3.05) is 12.8 Å². The van der Waals surface area contributed by atoms with Gasteiger partial charge in [0, 0.05) is 7.05 Å². The van der Waals surface area contributed by atoms with Crippen LogP contribution in [0.5, 0.6) is 0 Å². The summed E-state index contributed by atoms with van der Waals surface area (Å²) in [6.07, 6.45) is 0. The van der Waals surface area contributed by atoms with Gasteiger partial charge in [0.05, 0.1) is 5.75 Å². The fourth-order valence-corrected chi connectivity index (χ4v) is 1.37. The minimum Gasteiger partial charge on any atom is -0.321 e. The fraction of sp³-hybridized carbons (Fsp3) is 0.500. The second-order valence-electron chi connectivity index (χ2n) is 1.65. The van der Waals surface area contributed by atoms with Crippen molar-refractivity contribution >= 4 is 22.8 Å². The van der Waals surface area contributed by atoms with Gasteiger partial charge in [-0.15, -0.1) is 0 Å². The van der Waals surface area contributed by atoms with Crippen LogP contribution in [-0.4, -0.2) is 28.8 Å². The third kappa shape index (κ3) is 0.999. The zero-order valence-corrected chi connectivity index (χ0v) is 5.81. The summed E-state index contributed by atoms with van der Waals surface area (Å²) in [4.78, 5) is 12.2. The van der Waals surface area contributed by atoms with E-state index in [1.165, 1.54) is 16.7 Å². The first-order valence-corrected chi connectivity index (χ1v) is 3.41. The van der Waals surface area contributed by atoms with Gasteiger partial charge in [-0.3, -0.25) is 9.69 Å². The first kappa shape index (κ1) is 6.41. The van der Waals surface area contributed by atoms with Crippen LogP contribution in [0.2, 0.25) is 0 Å². The maximum absolute atomic E-state index is 10.7. The summed E-state index contributed by atoms with van der Waals surface area (Å²) in [6, 6.07) is 0. The smallest absolute Gasteiger partial charge is 0.238 e. The molecule has 0 aliphatic carbocycles. The first-order valence-electron chi connectivity index (χ1n) is 2.43. The number of nitrogens with zero attached hydrogens (tertiary/aromatic N) is 2. The van der Waals surface area contributed by atoms with E-state index in [1.807, 2.05) is 0 Å². The molecule has 0 atom stereocenters. The Kier molecular flexibility index (Phi) is 1.61. The summed E-state index contributed by atoms with van der Waals surface area (Å²) >= 11 is 1.36. The van der Waals surface area contributed by atoms with Gasteiger partial charge in [-0.1, -0.05) is 11.8 Å². The number of carbonyl (C=O) groups excluding carboxylic acids is 1. The lowest BCUT2D eigenvalue weighted by molar-refractivity contribution is -0.123. The van der Waals surface area contributed by atoms with Gasteiger partial charge in [0.25, 0.3) is 0 Å². The van der Waals surface area contributed by atoms with Gasteiger partial charge in [-0.05, 0) is 0 Å². The van der Waals surface area contributed by atoms with E-state index in [9.17, 15) is 4.79 Å². The molecule has 0 saturated carbocycles. The summed E-state index contributed by atoms with van der Waals surface area (Å²) in [6.45, 7) is 0. The maximum Gasteiger partial charge on any atom is 0.238 e. The standard InChI is InChI=1S/C4H7N3OS/c1-7-3(8)2-9-4(7)6-5/h2,5H2,1H3/b6-4-. The molecule has 0 bridgehead atoms. The van der Waals surface area contributed by atoms with E-state index in [0.29, 0.717) is 10.9 Å². The number of rotatable bonds is 0. The summed E-state index contributed by atoms with van der Waals surface area (Å²) < 4.78 is 0. The predicted molar refractivity (Wildman–Crippen MR) is 36.9 cm³/mol. The third-order valence-corrected chi connectivity index (χ3v) is 2.12. The molecule has 1 saturated heterocycles. The van der Waals surface area contributed by atoms with Crippen molar-refractivity contribution in [2.24, 2.45) is 10.9 Å². The van der Waals surface area contributed by atoms with Crippen LogP contribution in [0.1, 0.15) is 0 Å². The van der Waals surface area contributed by atoms with Crippen LogP contribution in [0.15, 0.2) is 5.10 Å². The molecule has 0 aromatic carbocycles. The Morgan fingerprint density at radius 1 is 1.89 bits per heavy atom. The minimum absolute atomic E-state index is 0.0594. The van der Waals surface area contributed by atoms with E-state index >= 15 is 0 Å². The van der Waals surface area contributed by atoms with Gasteiger partial charge >= 0.3 is 0 Å². The maximum atomic E-state index is 10.7. The normalized spacial score (nSPS) is 23.9. The molecule has 1 aliphatic rings. The molecule has 2 N–H and O–H groups in total. The highest BCUT2D eigenvalue weighted by Gasteiger charge is 2.23. The Hall–Kier alpha value is -0.710. The molecule has 1 aliphatic heterocycles. The lowest BCUT2D eigenvalue weighted by Crippen LogP contribution is -2.24. The SMILES string of the molecule is CN1C(=O)CS/C1=N\N. The van der Waals surface area contributed by atoms with Crippen LogP contribution in [0.25, 0.3) is 0 Å². The Morgan fingerprint density at radius 3 is 2.78 bits per heavy atom. The average molecular weight is 145 g/mol. The van der Waals surface area contributed by atoms with Gasteiger partial charge < -0.3 is 5.84 Å². The Bertz CT molecular complexity index is 167. The number of amides is 1. The molecule has 4 nitrogen and oxygen atoms in total. The van der Waals surface area contributed by atoms with Gasteiger partial charge in [-0.2, -0.15) is 5.10 Å². The minimum atomic E-state index is 0.0594. The van der Waals surface area contributed by atoms with E-state index < -0.39 is 0 Å². The number of hydrogen-bond acceptors (Lipinski definition) is 4. The summed E-state index contributed by atoms with van der Waals surface area (Å²) in [5.74, 6) is 5.48. The number of carbonyl (C=O) groups is 1. The number of nitrogens with two attached hydrogens (primary N) is 1. The number of hydrazone groups is 1. The van der Waals surface area contributed by atoms with Gasteiger partial charge in [0.15, 0.2) is 5.17 Å². The summed E-state index contributed by atoms with van der Waals surface area (Å²) in [5.41, 5.74) is 0. The molecule has 0 aromatic heterocycles. The van der Waals surface area contributed by atoms with E-state index in [0.717, 1.165) is 0 Å². The molecule has 0 spiro atoms. The van der Waals surface area contributed by atoms with Crippen molar-refractivity contribution < 1.29 is 4.79 Å². The van der Waals surface area contributed by atoms with Crippen LogP contribution in [-0.2, 0) is 4.79 Å². The van der Waals surface area contributed by atoms with E-state index in [4.69, 9.17) is 5.84 Å². The molecule has 0 aromatic rings. The molecule has 0 unspecified atom stereocenters. The molecular weight excluding hydrogens is 138 g/mol. The second-order valence-corrected chi connectivity index (χ2v) is 2.60. The van der Waals surface area contributed by atoms with Crippen LogP contribution >= 0.6 is 11.8 Å².